The Kier molecular flexibility index (Phi) is 5.60. The molecule has 1 aromatic carbocycles. The van der Waals surface area contributed by atoms with Crippen molar-refractivity contribution in [2.45, 2.75) is 39.2 Å². The summed E-state index contributed by atoms with van der Waals surface area (Å²) < 4.78 is 1.31. The molecule has 0 unspecified atom stereocenters. The lowest BCUT2D eigenvalue weighted by atomic mass is 10.1. The summed E-state index contributed by atoms with van der Waals surface area (Å²) in [5.74, 6) is -1.23. The molecule has 0 aliphatic heterocycles. The summed E-state index contributed by atoms with van der Waals surface area (Å²) in [5.41, 5.74) is 2.25. The summed E-state index contributed by atoms with van der Waals surface area (Å²) in [6.07, 6.45) is 4.07. The topological polar surface area (TPSA) is 97.1 Å². The Bertz CT molecular complexity index is 989. The number of hydrogen-bond donors (Lipinski definition) is 2. The van der Waals surface area contributed by atoms with Crippen molar-refractivity contribution < 1.29 is 14.7 Å². The zero-order valence-electron chi connectivity index (χ0n) is 16.0. The summed E-state index contributed by atoms with van der Waals surface area (Å²) in [6.45, 7) is 5.19. The highest BCUT2D eigenvalue weighted by molar-refractivity contribution is 7.13. The van der Waals surface area contributed by atoms with E-state index < -0.39 is 11.5 Å². The van der Waals surface area contributed by atoms with Crippen LogP contribution in [0.25, 0.3) is 10.6 Å². The molecule has 2 N–H and O–H groups in total. The highest BCUT2D eigenvalue weighted by Crippen LogP contribution is 2.24. The van der Waals surface area contributed by atoms with Crippen molar-refractivity contribution >= 4 is 28.9 Å². The lowest BCUT2D eigenvalue weighted by Crippen LogP contribution is -2.35. The number of rotatable bonds is 7. The second-order valence-electron chi connectivity index (χ2n) is 6.96. The number of thiazole rings is 1. The molecule has 146 valence electrons. The third-order valence-electron chi connectivity index (χ3n) is 4.47. The molecular formula is C20H22N4O3S. The quantitative estimate of drug-likeness (QED) is 0.634. The van der Waals surface area contributed by atoms with Gasteiger partial charge >= 0.3 is 5.97 Å². The van der Waals surface area contributed by atoms with Gasteiger partial charge in [0.25, 0.3) is 0 Å². The van der Waals surface area contributed by atoms with Crippen LogP contribution in [0, 0.1) is 0 Å². The van der Waals surface area contributed by atoms with Gasteiger partial charge in [-0.25, -0.2) is 9.78 Å². The van der Waals surface area contributed by atoms with E-state index in [2.05, 4.69) is 34.5 Å². The maximum Gasteiger partial charge on any atom is 0.331 e. The number of aliphatic carboxylic acids is 1. The van der Waals surface area contributed by atoms with Gasteiger partial charge in [-0.15, -0.1) is 11.3 Å². The maximum atomic E-state index is 12.3. The number of carboxylic acids is 1. The van der Waals surface area contributed by atoms with Crippen molar-refractivity contribution in [1.29, 1.82) is 0 Å². The number of aryl methyl sites for hydroxylation is 1. The highest BCUT2D eigenvalue weighted by Gasteiger charge is 2.30. The molecule has 28 heavy (non-hydrogen) atoms. The van der Waals surface area contributed by atoms with Gasteiger partial charge in [-0.05, 0) is 25.8 Å². The van der Waals surface area contributed by atoms with Crippen LogP contribution in [0.1, 0.15) is 32.0 Å². The molecular weight excluding hydrogens is 376 g/mol. The number of carboxylic acid groups (broad SMARTS) is 1. The first-order valence-electron chi connectivity index (χ1n) is 8.91. The Balaban J connectivity index is 1.63. The Hall–Kier alpha value is -3.00. The van der Waals surface area contributed by atoms with Crippen LogP contribution in [0.2, 0.25) is 0 Å². The van der Waals surface area contributed by atoms with Crippen LogP contribution in [-0.4, -0.2) is 31.7 Å². The minimum atomic E-state index is -1.19. The number of aromatic nitrogens is 3. The van der Waals surface area contributed by atoms with Gasteiger partial charge in [-0.3, -0.25) is 9.48 Å². The molecule has 1 amide bonds. The van der Waals surface area contributed by atoms with Crippen molar-refractivity contribution in [3.63, 3.8) is 0 Å². The third-order valence-corrected chi connectivity index (χ3v) is 5.41. The zero-order valence-corrected chi connectivity index (χ0v) is 16.8. The van der Waals surface area contributed by atoms with E-state index in [-0.39, 0.29) is 12.3 Å². The molecule has 0 saturated heterocycles. The van der Waals surface area contributed by atoms with E-state index in [4.69, 9.17) is 0 Å². The monoisotopic (exact) mass is 398 g/mol. The Morgan fingerprint density at radius 2 is 1.96 bits per heavy atom. The van der Waals surface area contributed by atoms with E-state index in [0.29, 0.717) is 11.4 Å². The molecule has 2 aromatic heterocycles. The summed E-state index contributed by atoms with van der Waals surface area (Å²) in [6, 6.07) is 8.25. The first kappa shape index (κ1) is 19.8. The fraction of sp³-hybridized carbons (Fsp3) is 0.300. The predicted octanol–water partition coefficient (Wildman–Crippen LogP) is 3.57. The molecule has 0 bridgehead atoms. The Morgan fingerprint density at radius 3 is 2.61 bits per heavy atom. The van der Waals surface area contributed by atoms with Crippen molar-refractivity contribution in [3.8, 4) is 10.6 Å². The minimum Gasteiger partial charge on any atom is -0.479 e. The molecule has 0 spiro atoms. The molecule has 0 fully saturated rings. The number of benzene rings is 1. The number of carbonyl (C=O) groups is 2. The van der Waals surface area contributed by atoms with Gasteiger partial charge in [0.05, 0.1) is 24.0 Å². The summed E-state index contributed by atoms with van der Waals surface area (Å²) >= 11 is 1.50. The molecule has 3 rings (SSSR count). The maximum absolute atomic E-state index is 12.3. The third kappa shape index (κ3) is 4.28. The van der Waals surface area contributed by atoms with Crippen molar-refractivity contribution in [2.75, 3.05) is 5.32 Å². The van der Waals surface area contributed by atoms with Crippen molar-refractivity contribution in [1.82, 2.24) is 14.8 Å². The van der Waals surface area contributed by atoms with E-state index in [1.165, 1.54) is 47.8 Å². The molecule has 0 saturated carbocycles. The van der Waals surface area contributed by atoms with Gasteiger partial charge in [-0.1, -0.05) is 31.2 Å². The molecule has 0 aliphatic rings. The number of amides is 1. The lowest BCUT2D eigenvalue weighted by Gasteiger charge is -2.19. The van der Waals surface area contributed by atoms with Crippen molar-refractivity contribution in [2.24, 2.45) is 0 Å². The van der Waals surface area contributed by atoms with Crippen LogP contribution in [0.5, 0.6) is 0 Å². The SMILES string of the molecule is CCc1ccc(-c2nc(CC(=O)Nc3cnn(C(C)(C)C(=O)O)c3)cs2)cc1. The number of carbonyl (C=O) groups excluding carboxylic acids is 1. The number of nitrogens with zero attached hydrogens (tertiary/aromatic N) is 3. The second-order valence-corrected chi connectivity index (χ2v) is 7.82. The van der Waals surface area contributed by atoms with Crippen molar-refractivity contribution in [3.05, 3.63) is 53.3 Å². The van der Waals surface area contributed by atoms with Crippen LogP contribution < -0.4 is 5.32 Å². The molecule has 0 atom stereocenters. The Morgan fingerprint density at radius 1 is 1.25 bits per heavy atom. The molecule has 8 heteroatoms. The van der Waals surface area contributed by atoms with Crippen LogP contribution in [-0.2, 0) is 28.0 Å². The predicted molar refractivity (Wildman–Crippen MR) is 108 cm³/mol. The molecule has 3 aromatic rings. The number of nitrogens with one attached hydrogen (secondary N) is 1. The smallest absolute Gasteiger partial charge is 0.331 e. The molecule has 0 aliphatic carbocycles. The average Bonchev–Trinajstić information content (AvgIpc) is 3.31. The van der Waals surface area contributed by atoms with Crippen LogP contribution in [0.15, 0.2) is 42.0 Å². The van der Waals surface area contributed by atoms with Gasteiger partial charge < -0.3 is 10.4 Å². The fourth-order valence-electron chi connectivity index (χ4n) is 2.56. The van der Waals surface area contributed by atoms with Gasteiger partial charge in [0.1, 0.15) is 5.01 Å². The standard InChI is InChI=1S/C20H22N4O3S/c1-4-13-5-7-14(8-6-13)18-23-15(12-28-18)9-17(25)22-16-10-21-24(11-16)20(2,3)19(26)27/h5-8,10-12H,4,9H2,1-3H3,(H,22,25)(H,26,27). The number of anilines is 1. The lowest BCUT2D eigenvalue weighted by molar-refractivity contribution is -0.146. The zero-order chi connectivity index (χ0) is 20.3. The fourth-order valence-corrected chi connectivity index (χ4v) is 3.39. The van der Waals surface area contributed by atoms with Crippen LogP contribution >= 0.6 is 11.3 Å². The van der Waals surface area contributed by atoms with E-state index >= 15 is 0 Å². The summed E-state index contributed by atoms with van der Waals surface area (Å²) in [7, 11) is 0. The normalized spacial score (nSPS) is 11.4. The Labute approximate surface area is 167 Å². The number of hydrogen-bond acceptors (Lipinski definition) is 5. The van der Waals surface area contributed by atoms with E-state index in [1.807, 2.05) is 17.5 Å². The minimum absolute atomic E-state index is 0.136. The average molecular weight is 398 g/mol. The summed E-state index contributed by atoms with van der Waals surface area (Å²) in [5, 5.41) is 18.8. The van der Waals surface area contributed by atoms with Crippen LogP contribution in [0.3, 0.4) is 0 Å². The van der Waals surface area contributed by atoms with Gasteiger partial charge in [0.15, 0.2) is 5.54 Å². The molecule has 0 radical (unpaired) electrons. The molecule has 2 heterocycles. The van der Waals surface area contributed by atoms with E-state index in [0.717, 1.165) is 17.0 Å². The summed E-state index contributed by atoms with van der Waals surface area (Å²) in [4.78, 5) is 28.1. The first-order valence-corrected chi connectivity index (χ1v) is 9.79. The van der Waals surface area contributed by atoms with Gasteiger partial charge in [0.2, 0.25) is 5.91 Å². The van der Waals surface area contributed by atoms with Gasteiger partial charge in [0, 0.05) is 17.1 Å². The van der Waals surface area contributed by atoms with E-state index in [9.17, 15) is 14.7 Å². The largest absolute Gasteiger partial charge is 0.479 e. The first-order chi connectivity index (χ1) is 13.3. The molecule has 7 nitrogen and oxygen atoms in total. The highest BCUT2D eigenvalue weighted by atomic mass is 32.1. The second kappa shape index (κ2) is 7.93. The van der Waals surface area contributed by atoms with Gasteiger partial charge in [-0.2, -0.15) is 5.10 Å². The van der Waals surface area contributed by atoms with Crippen LogP contribution in [0.4, 0.5) is 5.69 Å². The van der Waals surface area contributed by atoms with E-state index in [1.54, 1.807) is 0 Å².